The molecule has 0 spiro atoms. The number of carbonyl (C=O) groups excluding carboxylic acids is 3. The topological polar surface area (TPSA) is 162 Å². The molecule has 2 heterocycles. The van der Waals surface area contributed by atoms with Crippen LogP contribution in [0.15, 0.2) is 66.9 Å². The summed E-state index contributed by atoms with van der Waals surface area (Å²) in [6, 6.07) is 14.4. The highest BCUT2D eigenvalue weighted by molar-refractivity contribution is 5.99. The summed E-state index contributed by atoms with van der Waals surface area (Å²) in [5.74, 6) is -0.903. The van der Waals surface area contributed by atoms with Gasteiger partial charge in [-0.1, -0.05) is 46.8 Å². The van der Waals surface area contributed by atoms with Crippen molar-refractivity contribution in [3.05, 3.63) is 89.6 Å². The molecule has 5 N–H and O–H groups in total. The number of halogens is 1. The maximum absolute atomic E-state index is 15.0. The van der Waals surface area contributed by atoms with Gasteiger partial charge in [0, 0.05) is 36.9 Å². The minimum absolute atomic E-state index is 0.0130. The molecular weight excluding hydrogens is 593 g/mol. The van der Waals surface area contributed by atoms with Crippen LogP contribution < -0.4 is 26.4 Å². The molecule has 1 unspecified atom stereocenters. The van der Waals surface area contributed by atoms with Crippen LogP contribution in [0.2, 0.25) is 0 Å². The van der Waals surface area contributed by atoms with Crippen molar-refractivity contribution in [1.29, 1.82) is 0 Å². The predicted molar refractivity (Wildman–Crippen MR) is 172 cm³/mol. The summed E-state index contributed by atoms with van der Waals surface area (Å²) in [6.45, 7) is 9.66. The number of aromatic nitrogens is 3. The van der Waals surface area contributed by atoms with Crippen molar-refractivity contribution in [2.45, 2.75) is 52.7 Å². The number of amides is 3. The number of nitrogens with two attached hydrogens (primary N) is 1. The Morgan fingerprint density at radius 1 is 1.00 bits per heavy atom. The van der Waals surface area contributed by atoms with Crippen LogP contribution in [0, 0.1) is 11.7 Å². The Morgan fingerprint density at radius 3 is 2.41 bits per heavy atom. The molecule has 0 saturated heterocycles. The molecule has 0 saturated carbocycles. The van der Waals surface area contributed by atoms with E-state index in [1.807, 2.05) is 34.6 Å². The number of rotatable bonds is 10. The molecule has 3 amide bonds. The number of hydrogen-bond donors (Lipinski definition) is 4. The number of carbonyl (C=O) groups is 3. The summed E-state index contributed by atoms with van der Waals surface area (Å²) in [4.78, 5) is 41.1. The number of benzene rings is 2. The number of urea groups is 1. The molecule has 0 radical (unpaired) electrons. The molecule has 1 atom stereocenters. The molecule has 2 aromatic heterocycles. The van der Waals surface area contributed by atoms with E-state index in [1.165, 1.54) is 37.5 Å². The first-order chi connectivity index (χ1) is 21.7. The van der Waals surface area contributed by atoms with Gasteiger partial charge in [0.15, 0.2) is 0 Å². The lowest BCUT2D eigenvalue weighted by molar-refractivity contribution is -0.147. The van der Waals surface area contributed by atoms with Gasteiger partial charge in [-0.3, -0.25) is 19.9 Å². The first-order valence-corrected chi connectivity index (χ1v) is 14.6. The van der Waals surface area contributed by atoms with E-state index in [4.69, 9.17) is 20.3 Å². The number of esters is 1. The van der Waals surface area contributed by atoms with Gasteiger partial charge in [0.05, 0.1) is 17.1 Å². The third-order valence-corrected chi connectivity index (χ3v) is 6.86. The summed E-state index contributed by atoms with van der Waals surface area (Å²) >= 11 is 0. The van der Waals surface area contributed by atoms with Crippen molar-refractivity contribution >= 4 is 29.4 Å². The largest absolute Gasteiger partial charge is 0.460 e. The summed E-state index contributed by atoms with van der Waals surface area (Å²) in [5.41, 5.74) is 7.61. The van der Waals surface area contributed by atoms with Gasteiger partial charge in [-0.15, -0.1) is 0 Å². The maximum Gasteiger partial charge on any atom is 0.324 e. The van der Waals surface area contributed by atoms with E-state index in [2.05, 4.69) is 20.9 Å². The number of hydrogen-bond acceptors (Lipinski definition) is 8. The lowest BCUT2D eigenvalue weighted by Gasteiger charge is -2.15. The second-order valence-corrected chi connectivity index (χ2v) is 11.9. The highest BCUT2D eigenvalue weighted by Gasteiger charge is 2.23. The summed E-state index contributed by atoms with van der Waals surface area (Å²) in [5, 5.41) is 12.5. The molecule has 4 rings (SSSR count). The zero-order valence-corrected chi connectivity index (χ0v) is 26.6. The number of pyridine rings is 1. The highest BCUT2D eigenvalue weighted by atomic mass is 19.1. The van der Waals surface area contributed by atoms with Crippen LogP contribution in [0.25, 0.3) is 5.69 Å². The van der Waals surface area contributed by atoms with Gasteiger partial charge >= 0.3 is 12.0 Å². The average Bonchev–Trinajstić information content (AvgIpc) is 3.45. The Balaban J connectivity index is 1.50. The van der Waals surface area contributed by atoms with E-state index in [0.29, 0.717) is 22.8 Å². The Kier molecular flexibility index (Phi) is 10.4. The predicted octanol–water partition coefficient (Wildman–Crippen LogP) is 5.53. The monoisotopic (exact) mass is 631 g/mol. The van der Waals surface area contributed by atoms with Gasteiger partial charge in [-0.25, -0.2) is 13.9 Å². The first-order valence-electron chi connectivity index (χ1n) is 14.6. The second-order valence-electron chi connectivity index (χ2n) is 11.9. The lowest BCUT2D eigenvalue weighted by Crippen LogP contribution is -2.36. The van der Waals surface area contributed by atoms with E-state index in [-0.39, 0.29) is 40.8 Å². The van der Waals surface area contributed by atoms with Crippen molar-refractivity contribution < 1.29 is 28.2 Å². The van der Waals surface area contributed by atoms with Crippen LogP contribution in [-0.2, 0) is 21.6 Å². The van der Waals surface area contributed by atoms with Crippen molar-refractivity contribution in [2.24, 2.45) is 11.7 Å². The third-order valence-electron chi connectivity index (χ3n) is 6.86. The molecule has 46 heavy (non-hydrogen) atoms. The van der Waals surface area contributed by atoms with Crippen molar-refractivity contribution in [3.63, 3.8) is 0 Å². The molecule has 13 heteroatoms. The van der Waals surface area contributed by atoms with Crippen LogP contribution >= 0.6 is 0 Å². The average molecular weight is 632 g/mol. The minimum atomic E-state index is -0.739. The van der Waals surface area contributed by atoms with E-state index < -0.39 is 29.8 Å². The summed E-state index contributed by atoms with van der Waals surface area (Å²) in [6.07, 6.45) is 1.40. The second kappa shape index (κ2) is 14.2. The van der Waals surface area contributed by atoms with E-state index in [0.717, 1.165) is 6.07 Å². The molecule has 242 valence electrons. The standard InChI is InChI=1S/C33H38FN7O5/c1-19(2)29(35)31(43)45-18-20-8-7-9-21(14-20)41-28(17-27(40-41)33(3,4)5)39-32(44)38-25-11-10-22(15-24(25)34)46-23-12-13-37-26(16-23)30(42)36-6/h7-17,19,29H,18,35H2,1-6H3,(H,36,42)(H2,38,39,44). The van der Waals surface area contributed by atoms with Gasteiger partial charge < -0.3 is 25.8 Å². The Bertz CT molecular complexity index is 1730. The van der Waals surface area contributed by atoms with Crippen LogP contribution in [-0.4, -0.2) is 45.8 Å². The van der Waals surface area contributed by atoms with Gasteiger partial charge in [-0.2, -0.15) is 5.10 Å². The Hall–Kier alpha value is -5.30. The number of nitrogens with zero attached hydrogens (tertiary/aromatic N) is 3. The quantitative estimate of drug-likeness (QED) is 0.166. The van der Waals surface area contributed by atoms with E-state index >= 15 is 4.39 Å². The number of anilines is 2. The smallest absolute Gasteiger partial charge is 0.324 e. The summed E-state index contributed by atoms with van der Waals surface area (Å²) < 4.78 is 27.7. The molecule has 0 bridgehead atoms. The van der Waals surface area contributed by atoms with Crippen LogP contribution in [0.3, 0.4) is 0 Å². The lowest BCUT2D eigenvalue weighted by atomic mass is 9.92. The molecule has 0 aliphatic carbocycles. The van der Waals surface area contributed by atoms with Crippen LogP contribution in [0.5, 0.6) is 11.5 Å². The zero-order valence-electron chi connectivity index (χ0n) is 26.6. The molecular formula is C33H38FN7O5. The van der Waals surface area contributed by atoms with Crippen LogP contribution in [0.4, 0.5) is 20.7 Å². The molecule has 2 aromatic carbocycles. The normalized spacial score (nSPS) is 11.9. The van der Waals surface area contributed by atoms with Gasteiger partial charge in [0.2, 0.25) is 0 Å². The molecule has 0 fully saturated rings. The van der Waals surface area contributed by atoms with E-state index in [9.17, 15) is 14.4 Å². The van der Waals surface area contributed by atoms with Gasteiger partial charge in [0.1, 0.15) is 41.5 Å². The van der Waals surface area contributed by atoms with Crippen molar-refractivity contribution in [3.8, 4) is 17.2 Å². The molecule has 0 aliphatic rings. The van der Waals surface area contributed by atoms with Gasteiger partial charge in [0.25, 0.3) is 5.91 Å². The Morgan fingerprint density at radius 2 is 1.74 bits per heavy atom. The van der Waals surface area contributed by atoms with Crippen molar-refractivity contribution in [1.82, 2.24) is 20.1 Å². The van der Waals surface area contributed by atoms with Crippen molar-refractivity contribution in [2.75, 3.05) is 17.7 Å². The number of nitrogens with one attached hydrogen (secondary N) is 3. The highest BCUT2D eigenvalue weighted by Crippen LogP contribution is 2.28. The molecule has 0 aliphatic heterocycles. The SMILES string of the molecule is CNC(=O)c1cc(Oc2ccc(NC(=O)Nc3cc(C(C)(C)C)nn3-c3cccc(COC(=O)C(N)C(C)C)c3)c(F)c2)ccn1. The van der Waals surface area contributed by atoms with E-state index in [1.54, 1.807) is 35.0 Å². The summed E-state index contributed by atoms with van der Waals surface area (Å²) in [7, 11) is 1.48. The van der Waals surface area contributed by atoms with Gasteiger partial charge in [-0.05, 0) is 41.8 Å². The fourth-order valence-corrected chi connectivity index (χ4v) is 4.13. The zero-order chi connectivity index (χ0) is 33.6. The third kappa shape index (κ3) is 8.45. The fraction of sp³-hybridized carbons (Fsp3) is 0.303. The Labute approximate surface area is 266 Å². The molecule has 12 nitrogen and oxygen atoms in total. The number of ether oxygens (including phenoxy) is 2. The molecule has 4 aromatic rings. The first kappa shape index (κ1) is 33.6. The minimum Gasteiger partial charge on any atom is -0.460 e. The fourth-order valence-electron chi connectivity index (χ4n) is 4.13. The van der Waals surface area contributed by atoms with Crippen LogP contribution in [0.1, 0.15) is 56.4 Å². The maximum atomic E-state index is 15.0.